The maximum Gasteiger partial charge on any atom is 0.0668 e. The van der Waals surface area contributed by atoms with Gasteiger partial charge in [-0.05, 0) is 41.3 Å². The summed E-state index contributed by atoms with van der Waals surface area (Å²) in [5, 5.41) is 9.30. The fourth-order valence-electron chi connectivity index (χ4n) is 2.05. The normalized spacial score (nSPS) is 10.6. The Morgan fingerprint density at radius 1 is 0.810 bits per heavy atom. The molecule has 21 heavy (non-hydrogen) atoms. The van der Waals surface area contributed by atoms with Crippen molar-refractivity contribution in [3.05, 3.63) is 68.3 Å². The van der Waals surface area contributed by atoms with Crippen LogP contribution < -0.4 is 5.32 Å². The largest absolute Gasteiger partial charge is 0.353 e. The van der Waals surface area contributed by atoms with E-state index in [1.54, 1.807) is 23.5 Å². The lowest BCUT2D eigenvalue weighted by atomic mass is 10.0. The Kier molecular flexibility index (Phi) is 4.41. The quantitative estimate of drug-likeness (QED) is 0.528. The van der Waals surface area contributed by atoms with Crippen LogP contribution in [0.2, 0.25) is 15.1 Å². The molecule has 106 valence electrons. The van der Waals surface area contributed by atoms with Crippen LogP contribution in [-0.4, -0.2) is 0 Å². The van der Waals surface area contributed by atoms with E-state index in [2.05, 4.69) is 5.32 Å². The molecule has 0 saturated carbocycles. The van der Waals surface area contributed by atoms with Crippen LogP contribution in [0.15, 0.2) is 53.2 Å². The summed E-state index contributed by atoms with van der Waals surface area (Å²) in [6.07, 6.45) is 0. The highest BCUT2D eigenvalue weighted by Gasteiger charge is 2.14. The molecule has 0 aliphatic rings. The van der Waals surface area contributed by atoms with Gasteiger partial charge in [0.15, 0.2) is 0 Å². The smallest absolute Gasteiger partial charge is 0.0668 e. The molecule has 3 rings (SSSR count). The summed E-state index contributed by atoms with van der Waals surface area (Å²) in [6, 6.07) is 13.1. The third-order valence-corrected chi connectivity index (χ3v) is 4.59. The zero-order valence-corrected chi connectivity index (χ0v) is 13.8. The molecule has 0 aliphatic carbocycles. The van der Waals surface area contributed by atoms with E-state index in [0.717, 1.165) is 22.5 Å². The Morgan fingerprint density at radius 3 is 2.19 bits per heavy atom. The van der Waals surface area contributed by atoms with Crippen LogP contribution in [0, 0.1) is 0 Å². The Labute approximate surface area is 142 Å². The average molecular weight is 355 g/mol. The molecule has 0 spiro atoms. The summed E-state index contributed by atoms with van der Waals surface area (Å²) in [5.74, 6) is 0. The van der Waals surface area contributed by atoms with Gasteiger partial charge in [0.2, 0.25) is 0 Å². The lowest BCUT2D eigenvalue weighted by Gasteiger charge is -2.15. The molecule has 1 heterocycles. The van der Waals surface area contributed by atoms with E-state index in [-0.39, 0.29) is 0 Å². The monoisotopic (exact) mass is 353 g/mol. The van der Waals surface area contributed by atoms with E-state index in [4.69, 9.17) is 34.8 Å². The minimum atomic E-state index is 0.621. The zero-order valence-electron chi connectivity index (χ0n) is 10.7. The standard InChI is InChI=1S/C16H10Cl3NS/c17-11-3-1-10(2-4-11)15-13(18)5-6-14(19)16(15)20-12-7-8-21-9-12/h1-9,20H. The van der Waals surface area contributed by atoms with Crippen molar-refractivity contribution in [2.24, 2.45) is 0 Å². The van der Waals surface area contributed by atoms with Crippen molar-refractivity contribution >= 4 is 57.5 Å². The lowest BCUT2D eigenvalue weighted by Crippen LogP contribution is -1.94. The number of rotatable bonds is 3. The van der Waals surface area contributed by atoms with Crippen molar-refractivity contribution in [2.75, 3.05) is 5.32 Å². The summed E-state index contributed by atoms with van der Waals surface area (Å²) >= 11 is 20.3. The van der Waals surface area contributed by atoms with Crippen LogP contribution in [0.25, 0.3) is 11.1 Å². The van der Waals surface area contributed by atoms with E-state index in [1.165, 1.54) is 0 Å². The number of halogens is 3. The number of hydrogen-bond acceptors (Lipinski definition) is 2. The predicted octanol–water partition coefficient (Wildman–Crippen LogP) is 7.12. The van der Waals surface area contributed by atoms with Crippen LogP contribution >= 0.6 is 46.1 Å². The van der Waals surface area contributed by atoms with E-state index in [9.17, 15) is 0 Å². The molecular formula is C16H10Cl3NS. The molecule has 0 bridgehead atoms. The SMILES string of the molecule is Clc1ccc(-c2c(Cl)ccc(Cl)c2Nc2ccsc2)cc1. The van der Waals surface area contributed by atoms with Gasteiger partial charge in [-0.1, -0.05) is 46.9 Å². The maximum absolute atomic E-state index is 6.39. The van der Waals surface area contributed by atoms with Crippen molar-refractivity contribution in [3.63, 3.8) is 0 Å². The van der Waals surface area contributed by atoms with Gasteiger partial charge < -0.3 is 5.32 Å². The maximum atomic E-state index is 6.39. The van der Waals surface area contributed by atoms with Crippen LogP contribution in [-0.2, 0) is 0 Å². The first-order valence-corrected chi connectivity index (χ1v) is 8.26. The van der Waals surface area contributed by atoms with Gasteiger partial charge in [-0.15, -0.1) is 0 Å². The summed E-state index contributed by atoms with van der Waals surface area (Å²) in [4.78, 5) is 0. The second kappa shape index (κ2) is 6.29. The summed E-state index contributed by atoms with van der Waals surface area (Å²) in [6.45, 7) is 0. The highest BCUT2D eigenvalue weighted by Crippen LogP contribution is 2.41. The number of hydrogen-bond donors (Lipinski definition) is 1. The average Bonchev–Trinajstić information content (AvgIpc) is 2.98. The first-order chi connectivity index (χ1) is 10.1. The molecule has 0 amide bonds. The molecule has 1 aromatic heterocycles. The summed E-state index contributed by atoms with van der Waals surface area (Å²) in [5.41, 5.74) is 3.61. The predicted molar refractivity (Wildman–Crippen MR) is 94.5 cm³/mol. The Bertz CT molecular complexity index is 752. The molecule has 0 fully saturated rings. The van der Waals surface area contributed by atoms with Crippen molar-refractivity contribution in [2.45, 2.75) is 0 Å². The molecular weight excluding hydrogens is 345 g/mol. The molecule has 0 radical (unpaired) electrons. The Balaban J connectivity index is 2.14. The van der Waals surface area contributed by atoms with Crippen molar-refractivity contribution in [3.8, 4) is 11.1 Å². The van der Waals surface area contributed by atoms with Crippen molar-refractivity contribution in [1.82, 2.24) is 0 Å². The highest BCUT2D eigenvalue weighted by molar-refractivity contribution is 7.08. The molecule has 1 nitrogen and oxygen atoms in total. The van der Waals surface area contributed by atoms with Gasteiger partial charge in [-0.3, -0.25) is 0 Å². The van der Waals surface area contributed by atoms with Crippen LogP contribution in [0.3, 0.4) is 0 Å². The van der Waals surface area contributed by atoms with Crippen molar-refractivity contribution in [1.29, 1.82) is 0 Å². The molecule has 0 unspecified atom stereocenters. The second-order valence-corrected chi connectivity index (χ2v) is 6.45. The van der Waals surface area contributed by atoms with Gasteiger partial charge >= 0.3 is 0 Å². The fourth-order valence-corrected chi connectivity index (χ4v) is 3.24. The third-order valence-electron chi connectivity index (χ3n) is 3.03. The molecule has 2 aromatic carbocycles. The Morgan fingerprint density at radius 2 is 1.52 bits per heavy atom. The minimum Gasteiger partial charge on any atom is -0.353 e. The van der Waals surface area contributed by atoms with E-state index >= 15 is 0 Å². The van der Waals surface area contributed by atoms with Gasteiger partial charge in [0.1, 0.15) is 0 Å². The van der Waals surface area contributed by atoms with E-state index < -0.39 is 0 Å². The number of benzene rings is 2. The van der Waals surface area contributed by atoms with E-state index in [1.807, 2.05) is 41.1 Å². The second-order valence-electron chi connectivity index (χ2n) is 4.42. The summed E-state index contributed by atoms with van der Waals surface area (Å²) < 4.78 is 0. The van der Waals surface area contributed by atoms with Crippen molar-refractivity contribution < 1.29 is 0 Å². The minimum absolute atomic E-state index is 0.621. The molecule has 3 aromatic rings. The third kappa shape index (κ3) is 3.19. The molecule has 1 N–H and O–H groups in total. The molecule has 0 saturated heterocycles. The fraction of sp³-hybridized carbons (Fsp3) is 0. The molecule has 0 atom stereocenters. The van der Waals surface area contributed by atoms with E-state index in [0.29, 0.717) is 15.1 Å². The topological polar surface area (TPSA) is 12.0 Å². The number of nitrogens with one attached hydrogen (secondary N) is 1. The Hall–Kier alpha value is -1.19. The van der Waals surface area contributed by atoms with Gasteiger partial charge in [-0.25, -0.2) is 0 Å². The first-order valence-electron chi connectivity index (χ1n) is 6.18. The van der Waals surface area contributed by atoms with Crippen LogP contribution in [0.5, 0.6) is 0 Å². The number of anilines is 2. The lowest BCUT2D eigenvalue weighted by molar-refractivity contribution is 1.55. The number of thiophene rings is 1. The highest BCUT2D eigenvalue weighted by atomic mass is 35.5. The van der Waals surface area contributed by atoms with Gasteiger partial charge in [0.25, 0.3) is 0 Å². The van der Waals surface area contributed by atoms with Crippen LogP contribution in [0.1, 0.15) is 0 Å². The zero-order chi connectivity index (χ0) is 14.8. The van der Waals surface area contributed by atoms with Gasteiger partial charge in [0.05, 0.1) is 15.7 Å². The van der Waals surface area contributed by atoms with Crippen LogP contribution in [0.4, 0.5) is 11.4 Å². The summed E-state index contributed by atoms with van der Waals surface area (Å²) in [7, 11) is 0. The van der Waals surface area contributed by atoms with Gasteiger partial charge in [0, 0.05) is 21.7 Å². The van der Waals surface area contributed by atoms with Gasteiger partial charge in [-0.2, -0.15) is 11.3 Å². The first kappa shape index (κ1) is 14.7. The molecule has 0 aliphatic heterocycles. The molecule has 5 heteroatoms.